The van der Waals surface area contributed by atoms with E-state index < -0.39 is 0 Å². The van der Waals surface area contributed by atoms with Gasteiger partial charge in [-0.15, -0.1) is 6.58 Å². The van der Waals surface area contributed by atoms with Gasteiger partial charge < -0.3 is 9.84 Å². The first-order valence-corrected chi connectivity index (χ1v) is 3.21. The molecule has 0 aromatic rings. The van der Waals surface area contributed by atoms with E-state index in [9.17, 15) is 0 Å². The molecule has 0 aliphatic carbocycles. The fourth-order valence-electron chi connectivity index (χ4n) is 0.483. The van der Waals surface area contributed by atoms with E-state index in [1.807, 2.05) is 0 Å². The topological polar surface area (TPSA) is 29.5 Å². The first-order valence-electron chi connectivity index (χ1n) is 3.21. The zero-order chi connectivity index (χ0) is 6.95. The van der Waals surface area contributed by atoms with Crippen LogP contribution in [0.1, 0.15) is 12.8 Å². The quantitative estimate of drug-likeness (QED) is 0.428. The summed E-state index contributed by atoms with van der Waals surface area (Å²) in [5.74, 6) is 0. The van der Waals surface area contributed by atoms with Crippen molar-refractivity contribution in [1.82, 2.24) is 0 Å². The number of hydrogen-bond acceptors (Lipinski definition) is 2. The third kappa shape index (κ3) is 7.66. The summed E-state index contributed by atoms with van der Waals surface area (Å²) in [5, 5.41) is 8.35. The molecule has 0 heterocycles. The van der Waals surface area contributed by atoms with Crippen molar-refractivity contribution in [3.05, 3.63) is 12.7 Å². The summed E-state index contributed by atoms with van der Waals surface area (Å²) in [6.07, 6.45) is 3.49. The predicted octanol–water partition coefficient (Wildman–Crippen LogP) is 0.961. The fraction of sp³-hybridized carbons (Fsp3) is 0.714. The van der Waals surface area contributed by atoms with E-state index in [1.54, 1.807) is 6.08 Å². The van der Waals surface area contributed by atoms with Crippen molar-refractivity contribution >= 4 is 0 Å². The molecule has 0 fully saturated rings. The highest BCUT2D eigenvalue weighted by atomic mass is 16.5. The van der Waals surface area contributed by atoms with Crippen LogP contribution in [0.25, 0.3) is 0 Å². The van der Waals surface area contributed by atoms with Crippen molar-refractivity contribution < 1.29 is 9.84 Å². The van der Waals surface area contributed by atoms with Crippen LogP contribution in [0.2, 0.25) is 0 Å². The molecular weight excluding hydrogens is 116 g/mol. The molecule has 9 heavy (non-hydrogen) atoms. The van der Waals surface area contributed by atoms with Gasteiger partial charge in [0, 0.05) is 13.2 Å². The number of hydrogen-bond donors (Lipinski definition) is 1. The Morgan fingerprint density at radius 3 is 2.78 bits per heavy atom. The molecule has 0 aliphatic heterocycles. The molecule has 54 valence electrons. The summed E-state index contributed by atoms with van der Waals surface area (Å²) in [7, 11) is 0. The third-order valence-corrected chi connectivity index (χ3v) is 0.932. The zero-order valence-electron chi connectivity index (χ0n) is 5.68. The largest absolute Gasteiger partial charge is 0.396 e. The maximum Gasteiger partial charge on any atom is 0.0644 e. The Labute approximate surface area is 56.1 Å². The molecule has 0 unspecified atom stereocenters. The maximum atomic E-state index is 8.35. The second kappa shape index (κ2) is 7.66. The molecule has 0 amide bonds. The van der Waals surface area contributed by atoms with Crippen LogP contribution >= 0.6 is 0 Å². The summed E-state index contributed by atoms with van der Waals surface area (Å²) in [4.78, 5) is 0. The Kier molecular flexibility index (Phi) is 7.37. The highest BCUT2D eigenvalue weighted by molar-refractivity contribution is 4.63. The summed E-state index contributed by atoms with van der Waals surface area (Å²) in [6, 6.07) is 0. The van der Waals surface area contributed by atoms with Crippen LogP contribution in [0.5, 0.6) is 0 Å². The third-order valence-electron chi connectivity index (χ3n) is 0.932. The fourth-order valence-corrected chi connectivity index (χ4v) is 0.483. The second-order valence-electron chi connectivity index (χ2n) is 1.79. The van der Waals surface area contributed by atoms with E-state index in [4.69, 9.17) is 9.84 Å². The molecule has 0 radical (unpaired) electrons. The molecular formula is C7H14O2. The van der Waals surface area contributed by atoms with Crippen LogP contribution in [0.4, 0.5) is 0 Å². The Morgan fingerprint density at radius 2 is 2.22 bits per heavy atom. The summed E-state index contributed by atoms with van der Waals surface area (Å²) < 4.78 is 5.06. The van der Waals surface area contributed by atoms with Gasteiger partial charge in [-0.1, -0.05) is 6.08 Å². The first kappa shape index (κ1) is 8.66. The number of aliphatic hydroxyl groups is 1. The van der Waals surface area contributed by atoms with Crippen molar-refractivity contribution in [2.75, 3.05) is 19.8 Å². The van der Waals surface area contributed by atoms with E-state index in [1.165, 1.54) is 0 Å². The van der Waals surface area contributed by atoms with Crippen LogP contribution in [0, 0.1) is 0 Å². The Bertz CT molecular complexity index is 61.9. The molecule has 0 atom stereocenters. The Hall–Kier alpha value is -0.340. The van der Waals surface area contributed by atoms with E-state index in [0.717, 1.165) is 19.4 Å². The van der Waals surface area contributed by atoms with Crippen LogP contribution in [-0.4, -0.2) is 24.9 Å². The number of ether oxygens (including phenoxy) is 1. The van der Waals surface area contributed by atoms with E-state index in [0.29, 0.717) is 6.61 Å². The zero-order valence-corrected chi connectivity index (χ0v) is 5.68. The summed E-state index contributed by atoms with van der Waals surface area (Å²) >= 11 is 0. The number of unbranched alkanes of at least 4 members (excludes halogenated alkanes) is 1. The molecule has 0 aliphatic rings. The van der Waals surface area contributed by atoms with Gasteiger partial charge >= 0.3 is 0 Å². The van der Waals surface area contributed by atoms with Gasteiger partial charge in [0.05, 0.1) is 6.61 Å². The van der Waals surface area contributed by atoms with Crippen LogP contribution in [0.3, 0.4) is 0 Å². The molecule has 0 saturated carbocycles. The van der Waals surface area contributed by atoms with Gasteiger partial charge in [0.25, 0.3) is 0 Å². The summed E-state index contributed by atoms with van der Waals surface area (Å²) in [6.45, 7) is 5.11. The van der Waals surface area contributed by atoms with Crippen molar-refractivity contribution in [3.8, 4) is 0 Å². The van der Waals surface area contributed by atoms with Crippen molar-refractivity contribution in [2.24, 2.45) is 0 Å². The first-order chi connectivity index (χ1) is 4.41. The van der Waals surface area contributed by atoms with Crippen molar-refractivity contribution in [2.45, 2.75) is 12.8 Å². The molecule has 1 N–H and O–H groups in total. The predicted molar refractivity (Wildman–Crippen MR) is 37.3 cm³/mol. The van der Waals surface area contributed by atoms with Gasteiger partial charge in [-0.05, 0) is 12.8 Å². The van der Waals surface area contributed by atoms with Crippen LogP contribution < -0.4 is 0 Å². The molecule has 0 spiro atoms. The normalized spacial score (nSPS) is 9.44. The smallest absolute Gasteiger partial charge is 0.0644 e. The average Bonchev–Trinajstić information content (AvgIpc) is 1.89. The van der Waals surface area contributed by atoms with E-state index in [-0.39, 0.29) is 6.61 Å². The lowest BCUT2D eigenvalue weighted by Crippen LogP contribution is -1.95. The molecule has 0 aromatic carbocycles. The molecule has 0 saturated heterocycles. The van der Waals surface area contributed by atoms with Gasteiger partial charge in [-0.3, -0.25) is 0 Å². The molecule has 2 heteroatoms. The number of aliphatic hydroxyl groups excluding tert-OH is 1. The van der Waals surface area contributed by atoms with E-state index in [2.05, 4.69) is 6.58 Å². The highest BCUT2D eigenvalue weighted by Crippen LogP contribution is 1.87. The number of rotatable bonds is 6. The maximum absolute atomic E-state index is 8.35. The lowest BCUT2D eigenvalue weighted by molar-refractivity contribution is 0.150. The Morgan fingerprint density at radius 1 is 1.44 bits per heavy atom. The minimum atomic E-state index is 0.261. The van der Waals surface area contributed by atoms with E-state index >= 15 is 0 Å². The van der Waals surface area contributed by atoms with Crippen LogP contribution in [0.15, 0.2) is 12.7 Å². The van der Waals surface area contributed by atoms with Gasteiger partial charge in [0.1, 0.15) is 0 Å². The van der Waals surface area contributed by atoms with Gasteiger partial charge in [0.15, 0.2) is 0 Å². The monoisotopic (exact) mass is 130 g/mol. The molecule has 0 bridgehead atoms. The second-order valence-corrected chi connectivity index (χ2v) is 1.79. The minimum Gasteiger partial charge on any atom is -0.396 e. The molecule has 0 aromatic heterocycles. The SMILES string of the molecule is C=CCOCCCCO. The lowest BCUT2D eigenvalue weighted by atomic mass is 10.3. The highest BCUT2D eigenvalue weighted by Gasteiger charge is 1.84. The van der Waals surface area contributed by atoms with Gasteiger partial charge in [-0.25, -0.2) is 0 Å². The van der Waals surface area contributed by atoms with Crippen LogP contribution in [-0.2, 0) is 4.74 Å². The van der Waals surface area contributed by atoms with Crippen molar-refractivity contribution in [3.63, 3.8) is 0 Å². The van der Waals surface area contributed by atoms with Crippen molar-refractivity contribution in [1.29, 1.82) is 0 Å². The summed E-state index contributed by atoms with van der Waals surface area (Å²) in [5.41, 5.74) is 0. The van der Waals surface area contributed by atoms with Gasteiger partial charge in [0.2, 0.25) is 0 Å². The van der Waals surface area contributed by atoms with Gasteiger partial charge in [-0.2, -0.15) is 0 Å². The average molecular weight is 130 g/mol. The lowest BCUT2D eigenvalue weighted by Gasteiger charge is -1.97. The minimum absolute atomic E-state index is 0.261. The molecule has 0 rings (SSSR count). The standard InChI is InChI=1S/C7H14O2/c1-2-6-9-7-4-3-5-8/h2,8H,1,3-7H2. The molecule has 2 nitrogen and oxygen atoms in total. The Balaban J connectivity index is 2.66.